The lowest BCUT2D eigenvalue weighted by molar-refractivity contribution is -0.154. The van der Waals surface area contributed by atoms with Crippen LogP contribution in [0.1, 0.15) is 20.8 Å². The van der Waals surface area contributed by atoms with Crippen molar-refractivity contribution in [1.29, 1.82) is 0 Å². The highest BCUT2D eigenvalue weighted by Gasteiger charge is 2.44. The second kappa shape index (κ2) is 3.28. The molecule has 0 aliphatic heterocycles. The minimum atomic E-state index is -0.856. The fourth-order valence-electron chi connectivity index (χ4n) is 1.59. The molecule has 0 bridgehead atoms. The zero-order chi connectivity index (χ0) is 10.1. The summed E-state index contributed by atoms with van der Waals surface area (Å²) in [7, 11) is 1.64. The van der Waals surface area contributed by atoms with Crippen LogP contribution in [0.5, 0.6) is 0 Å². The van der Waals surface area contributed by atoms with E-state index in [1.807, 2.05) is 31.2 Å². The minimum Gasteiger partial charge on any atom is -0.387 e. The molecule has 1 rings (SSSR count). The Morgan fingerprint density at radius 2 is 1.62 bits per heavy atom. The van der Waals surface area contributed by atoms with E-state index >= 15 is 0 Å². The van der Waals surface area contributed by atoms with Crippen molar-refractivity contribution < 1.29 is 9.84 Å². The summed E-state index contributed by atoms with van der Waals surface area (Å²) in [6.45, 7) is 5.48. The van der Waals surface area contributed by atoms with E-state index in [2.05, 4.69) is 0 Å². The fraction of sp³-hybridized carbons (Fsp3) is 0.636. The van der Waals surface area contributed by atoms with E-state index in [-0.39, 0.29) is 5.92 Å². The zero-order valence-electron chi connectivity index (χ0n) is 8.74. The Balaban J connectivity index is 2.93. The number of ether oxygens (including phenoxy) is 1. The van der Waals surface area contributed by atoms with Crippen molar-refractivity contribution in [1.82, 2.24) is 0 Å². The largest absolute Gasteiger partial charge is 0.387 e. The van der Waals surface area contributed by atoms with Gasteiger partial charge in [0.15, 0.2) is 0 Å². The number of methoxy groups -OCH3 is 1. The molecule has 0 saturated carbocycles. The summed E-state index contributed by atoms with van der Waals surface area (Å²) in [6, 6.07) is 0. The van der Waals surface area contributed by atoms with Crippen LogP contribution >= 0.6 is 0 Å². The summed E-state index contributed by atoms with van der Waals surface area (Å²) in [5.41, 5.74) is -1.41. The number of hydrogen-bond donors (Lipinski definition) is 1. The molecule has 2 heteroatoms. The molecule has 0 saturated heterocycles. The normalized spacial score (nSPS) is 22.2. The van der Waals surface area contributed by atoms with E-state index in [1.54, 1.807) is 21.0 Å². The van der Waals surface area contributed by atoms with Crippen LogP contribution in [-0.4, -0.2) is 23.4 Å². The molecule has 0 heterocycles. The highest BCUT2D eigenvalue weighted by atomic mass is 16.5. The molecule has 0 aromatic carbocycles. The summed E-state index contributed by atoms with van der Waals surface area (Å²) in [5.74, 6) is 0.150. The summed E-state index contributed by atoms with van der Waals surface area (Å²) in [6.07, 6.45) is 8.05. The van der Waals surface area contributed by atoms with Gasteiger partial charge in [-0.1, -0.05) is 24.3 Å². The van der Waals surface area contributed by atoms with Gasteiger partial charge in [0.05, 0.1) is 5.60 Å². The molecule has 0 fully saturated rings. The van der Waals surface area contributed by atoms with E-state index in [0.29, 0.717) is 0 Å². The van der Waals surface area contributed by atoms with Crippen molar-refractivity contribution in [3.05, 3.63) is 24.3 Å². The predicted octanol–water partition coefficient (Wildman–Crippen LogP) is 1.90. The first-order valence-corrected chi connectivity index (χ1v) is 4.54. The molecule has 2 nitrogen and oxygen atoms in total. The maximum Gasteiger partial charge on any atom is 0.103 e. The van der Waals surface area contributed by atoms with Gasteiger partial charge in [0, 0.05) is 13.0 Å². The lowest BCUT2D eigenvalue weighted by Gasteiger charge is -2.42. The van der Waals surface area contributed by atoms with Gasteiger partial charge >= 0.3 is 0 Å². The minimum absolute atomic E-state index is 0.150. The van der Waals surface area contributed by atoms with Gasteiger partial charge in [-0.2, -0.15) is 0 Å². The average molecular weight is 182 g/mol. The van der Waals surface area contributed by atoms with Gasteiger partial charge in [0.25, 0.3) is 0 Å². The quantitative estimate of drug-likeness (QED) is 0.722. The first-order chi connectivity index (χ1) is 5.92. The maximum atomic E-state index is 10.0. The average Bonchev–Trinajstić information content (AvgIpc) is 2.52. The first-order valence-electron chi connectivity index (χ1n) is 4.54. The van der Waals surface area contributed by atoms with Crippen LogP contribution in [0.2, 0.25) is 0 Å². The smallest absolute Gasteiger partial charge is 0.103 e. The van der Waals surface area contributed by atoms with E-state index in [0.717, 1.165) is 0 Å². The summed E-state index contributed by atoms with van der Waals surface area (Å²) >= 11 is 0. The number of hydrogen-bond acceptors (Lipinski definition) is 2. The molecule has 0 radical (unpaired) electrons. The van der Waals surface area contributed by atoms with Crippen molar-refractivity contribution in [2.45, 2.75) is 32.0 Å². The highest BCUT2D eigenvalue weighted by Crippen LogP contribution is 2.36. The van der Waals surface area contributed by atoms with Gasteiger partial charge in [-0.15, -0.1) is 0 Å². The van der Waals surface area contributed by atoms with E-state index in [4.69, 9.17) is 4.74 Å². The Kier molecular flexibility index (Phi) is 2.64. The van der Waals surface area contributed by atoms with Crippen LogP contribution in [0.3, 0.4) is 0 Å². The molecule has 13 heavy (non-hydrogen) atoms. The van der Waals surface area contributed by atoms with Crippen LogP contribution < -0.4 is 0 Å². The van der Waals surface area contributed by atoms with E-state index < -0.39 is 11.2 Å². The Morgan fingerprint density at radius 3 is 1.92 bits per heavy atom. The molecular formula is C11H18O2. The van der Waals surface area contributed by atoms with Gasteiger partial charge in [-0.25, -0.2) is 0 Å². The number of allylic oxidation sites excluding steroid dienone is 2. The fourth-order valence-corrected chi connectivity index (χ4v) is 1.59. The lowest BCUT2D eigenvalue weighted by atomic mass is 9.77. The Morgan fingerprint density at radius 1 is 1.15 bits per heavy atom. The van der Waals surface area contributed by atoms with Crippen LogP contribution in [0.15, 0.2) is 24.3 Å². The molecule has 0 spiro atoms. The molecule has 74 valence electrons. The second-order valence-electron chi connectivity index (χ2n) is 4.17. The van der Waals surface area contributed by atoms with E-state index in [9.17, 15) is 5.11 Å². The molecule has 1 aliphatic rings. The van der Waals surface area contributed by atoms with Crippen molar-refractivity contribution in [3.8, 4) is 0 Å². The SMILES string of the molecule is COC(C)(C1C=CC=C1)C(C)(C)O. The van der Waals surface area contributed by atoms with Gasteiger partial charge in [0.1, 0.15) is 5.60 Å². The molecule has 1 atom stereocenters. The topological polar surface area (TPSA) is 29.5 Å². The van der Waals surface area contributed by atoms with Crippen LogP contribution in [-0.2, 0) is 4.74 Å². The van der Waals surface area contributed by atoms with Crippen molar-refractivity contribution in [3.63, 3.8) is 0 Å². The Labute approximate surface area is 79.9 Å². The van der Waals surface area contributed by atoms with E-state index in [1.165, 1.54) is 0 Å². The third-order valence-electron chi connectivity index (χ3n) is 3.02. The molecule has 1 unspecified atom stereocenters. The van der Waals surface area contributed by atoms with Gasteiger partial charge in [-0.3, -0.25) is 0 Å². The molecule has 1 N–H and O–H groups in total. The van der Waals surface area contributed by atoms with Crippen molar-refractivity contribution >= 4 is 0 Å². The molecule has 0 amide bonds. The molecule has 0 aromatic heterocycles. The monoisotopic (exact) mass is 182 g/mol. The third-order valence-corrected chi connectivity index (χ3v) is 3.02. The summed E-state index contributed by atoms with van der Waals surface area (Å²) in [4.78, 5) is 0. The third kappa shape index (κ3) is 1.69. The van der Waals surface area contributed by atoms with Crippen LogP contribution in [0, 0.1) is 5.92 Å². The number of rotatable bonds is 3. The molecular weight excluding hydrogens is 164 g/mol. The van der Waals surface area contributed by atoms with Gasteiger partial charge in [-0.05, 0) is 20.8 Å². The highest BCUT2D eigenvalue weighted by molar-refractivity contribution is 5.23. The van der Waals surface area contributed by atoms with Crippen molar-refractivity contribution in [2.75, 3.05) is 7.11 Å². The lowest BCUT2D eigenvalue weighted by Crippen LogP contribution is -2.53. The zero-order valence-corrected chi connectivity index (χ0v) is 8.74. The van der Waals surface area contributed by atoms with Crippen molar-refractivity contribution in [2.24, 2.45) is 5.92 Å². The summed E-state index contributed by atoms with van der Waals surface area (Å²) in [5, 5.41) is 10.0. The molecule has 0 aromatic rings. The van der Waals surface area contributed by atoms with Crippen LogP contribution in [0.25, 0.3) is 0 Å². The van der Waals surface area contributed by atoms with Crippen LogP contribution in [0.4, 0.5) is 0 Å². The Hall–Kier alpha value is -0.600. The standard InChI is InChI=1S/C11H18O2/c1-10(2,12)11(3,13-4)9-7-5-6-8-9/h5-9,12H,1-4H3. The Bertz CT molecular complexity index is 223. The number of aliphatic hydroxyl groups is 1. The molecule has 1 aliphatic carbocycles. The summed E-state index contributed by atoms with van der Waals surface area (Å²) < 4.78 is 5.43. The van der Waals surface area contributed by atoms with Gasteiger partial charge < -0.3 is 9.84 Å². The maximum absolute atomic E-state index is 10.0. The second-order valence-corrected chi connectivity index (χ2v) is 4.17. The first kappa shape index (κ1) is 10.5. The van der Waals surface area contributed by atoms with Gasteiger partial charge in [0.2, 0.25) is 0 Å². The predicted molar refractivity (Wildman–Crippen MR) is 53.5 cm³/mol.